The molecule has 0 spiro atoms. The van der Waals surface area contributed by atoms with Gasteiger partial charge >= 0.3 is 5.97 Å². The van der Waals surface area contributed by atoms with Crippen LogP contribution >= 0.6 is 0 Å². The lowest BCUT2D eigenvalue weighted by Gasteiger charge is -2.18. The Bertz CT molecular complexity index is 266. The Labute approximate surface area is 112 Å². The topological polar surface area (TPSA) is 37.3 Å². The Hall–Kier alpha value is -0.790. The Morgan fingerprint density at radius 2 is 1.72 bits per heavy atom. The van der Waals surface area contributed by atoms with E-state index >= 15 is 0 Å². The van der Waals surface area contributed by atoms with Crippen LogP contribution in [-0.4, -0.2) is 11.1 Å². The Morgan fingerprint density at radius 3 is 2.17 bits per heavy atom. The minimum absolute atomic E-state index is 0.582. The first-order valence-electron chi connectivity index (χ1n) is 7.48. The summed E-state index contributed by atoms with van der Waals surface area (Å²) in [6.45, 7) is 8.35. The van der Waals surface area contributed by atoms with E-state index in [4.69, 9.17) is 5.11 Å². The monoisotopic (exact) mass is 254 g/mol. The first kappa shape index (κ1) is 17.2. The van der Waals surface area contributed by atoms with Crippen LogP contribution in [0.4, 0.5) is 0 Å². The third-order valence-electron chi connectivity index (χ3n) is 3.76. The fourth-order valence-electron chi connectivity index (χ4n) is 2.28. The van der Waals surface area contributed by atoms with E-state index in [1.165, 1.54) is 24.8 Å². The van der Waals surface area contributed by atoms with Gasteiger partial charge in [0.05, 0.1) is 0 Å². The highest BCUT2D eigenvalue weighted by molar-refractivity contribution is 5.86. The summed E-state index contributed by atoms with van der Waals surface area (Å²) in [6.07, 6.45) is 9.03. The van der Waals surface area contributed by atoms with E-state index in [0.29, 0.717) is 11.5 Å². The van der Waals surface area contributed by atoms with Crippen molar-refractivity contribution in [2.75, 3.05) is 0 Å². The molecule has 0 aromatic heterocycles. The molecule has 0 aliphatic rings. The first-order valence-corrected chi connectivity index (χ1v) is 7.48. The zero-order chi connectivity index (χ0) is 14.0. The van der Waals surface area contributed by atoms with Crippen molar-refractivity contribution in [2.45, 2.75) is 79.1 Å². The number of unbranched alkanes of at least 4 members (excludes halogenated alkanes) is 2. The summed E-state index contributed by atoms with van der Waals surface area (Å²) in [5, 5.41) is 9.16. The van der Waals surface area contributed by atoms with Crippen molar-refractivity contribution in [3.63, 3.8) is 0 Å². The fraction of sp³-hybridized carbons (Fsp3) is 0.812. The van der Waals surface area contributed by atoms with Gasteiger partial charge in [-0.3, -0.25) is 0 Å². The van der Waals surface area contributed by atoms with Gasteiger partial charge < -0.3 is 5.11 Å². The number of carboxylic acids is 1. The molecular formula is C16H30O2. The molecule has 0 amide bonds. The zero-order valence-corrected chi connectivity index (χ0v) is 12.6. The number of carbonyl (C=O) groups is 1. The molecule has 0 radical (unpaired) electrons. The molecular weight excluding hydrogens is 224 g/mol. The van der Waals surface area contributed by atoms with E-state index in [9.17, 15) is 4.79 Å². The van der Waals surface area contributed by atoms with Crippen LogP contribution in [0.5, 0.6) is 0 Å². The van der Waals surface area contributed by atoms with Gasteiger partial charge in [-0.2, -0.15) is 0 Å². The summed E-state index contributed by atoms with van der Waals surface area (Å²) in [6, 6.07) is 0. The van der Waals surface area contributed by atoms with Gasteiger partial charge in [0.2, 0.25) is 0 Å². The van der Waals surface area contributed by atoms with Gasteiger partial charge in [0, 0.05) is 5.57 Å². The van der Waals surface area contributed by atoms with Crippen LogP contribution < -0.4 is 0 Å². The van der Waals surface area contributed by atoms with Crippen LogP contribution in [0.3, 0.4) is 0 Å². The Kier molecular flexibility index (Phi) is 9.72. The molecule has 1 unspecified atom stereocenters. The van der Waals surface area contributed by atoms with E-state index < -0.39 is 5.97 Å². The number of hydrogen-bond acceptors (Lipinski definition) is 1. The van der Waals surface area contributed by atoms with Gasteiger partial charge in [-0.05, 0) is 32.1 Å². The summed E-state index contributed by atoms with van der Waals surface area (Å²) in [5.41, 5.74) is 1.76. The summed E-state index contributed by atoms with van der Waals surface area (Å²) < 4.78 is 0. The molecule has 0 rings (SSSR count). The van der Waals surface area contributed by atoms with Gasteiger partial charge in [0.15, 0.2) is 0 Å². The second kappa shape index (κ2) is 10.2. The molecule has 0 saturated carbocycles. The molecule has 2 heteroatoms. The van der Waals surface area contributed by atoms with Crippen molar-refractivity contribution < 1.29 is 9.90 Å². The number of carboxylic acid groups (broad SMARTS) is 1. The predicted octanol–water partition coefficient (Wildman–Crippen LogP) is 5.18. The highest BCUT2D eigenvalue weighted by atomic mass is 16.4. The van der Waals surface area contributed by atoms with E-state index in [2.05, 4.69) is 20.8 Å². The molecule has 0 aliphatic heterocycles. The molecule has 0 fully saturated rings. The molecule has 0 saturated heterocycles. The van der Waals surface area contributed by atoms with Crippen LogP contribution in [-0.2, 0) is 4.79 Å². The minimum atomic E-state index is -0.744. The maximum Gasteiger partial charge on any atom is 0.331 e. The number of hydrogen-bond donors (Lipinski definition) is 1. The van der Waals surface area contributed by atoms with E-state index in [1.54, 1.807) is 6.92 Å². The van der Waals surface area contributed by atoms with Gasteiger partial charge in [-0.15, -0.1) is 0 Å². The number of aliphatic carboxylic acids is 1. The van der Waals surface area contributed by atoms with Crippen LogP contribution in [0.1, 0.15) is 79.1 Å². The quantitative estimate of drug-likeness (QED) is 0.545. The zero-order valence-electron chi connectivity index (χ0n) is 12.6. The number of rotatable bonds is 10. The van der Waals surface area contributed by atoms with Gasteiger partial charge in [0.1, 0.15) is 0 Å². The fourth-order valence-corrected chi connectivity index (χ4v) is 2.28. The summed E-state index contributed by atoms with van der Waals surface area (Å²) in [5.74, 6) is -0.0856. The predicted molar refractivity (Wildman–Crippen MR) is 77.8 cm³/mol. The highest BCUT2D eigenvalue weighted by Crippen LogP contribution is 2.26. The van der Waals surface area contributed by atoms with Crippen molar-refractivity contribution in [2.24, 2.45) is 5.92 Å². The van der Waals surface area contributed by atoms with Crippen LogP contribution in [0.25, 0.3) is 0 Å². The molecule has 0 aromatic carbocycles. The molecule has 0 bridgehead atoms. The lowest BCUT2D eigenvalue weighted by atomic mass is 9.88. The Morgan fingerprint density at radius 1 is 1.11 bits per heavy atom. The van der Waals surface area contributed by atoms with E-state index in [1.807, 2.05) is 0 Å². The van der Waals surface area contributed by atoms with E-state index in [0.717, 1.165) is 32.1 Å². The van der Waals surface area contributed by atoms with Crippen LogP contribution in [0, 0.1) is 5.92 Å². The molecule has 18 heavy (non-hydrogen) atoms. The van der Waals surface area contributed by atoms with Crippen molar-refractivity contribution in [3.05, 3.63) is 11.1 Å². The second-order valence-corrected chi connectivity index (χ2v) is 5.26. The molecule has 1 atom stereocenters. The highest BCUT2D eigenvalue weighted by Gasteiger charge is 2.14. The van der Waals surface area contributed by atoms with Crippen molar-refractivity contribution in [1.29, 1.82) is 0 Å². The third-order valence-corrected chi connectivity index (χ3v) is 3.76. The first-order chi connectivity index (χ1) is 8.56. The summed E-state index contributed by atoms with van der Waals surface area (Å²) >= 11 is 0. The summed E-state index contributed by atoms with van der Waals surface area (Å²) in [4.78, 5) is 11.1. The normalized spacial score (nSPS) is 14.2. The molecule has 2 nitrogen and oxygen atoms in total. The number of allylic oxidation sites excluding steroid dienone is 1. The van der Waals surface area contributed by atoms with Crippen LogP contribution in [0.15, 0.2) is 11.1 Å². The molecule has 0 aliphatic carbocycles. The average Bonchev–Trinajstić information content (AvgIpc) is 2.37. The largest absolute Gasteiger partial charge is 0.478 e. The maximum atomic E-state index is 11.1. The lowest BCUT2D eigenvalue weighted by Crippen LogP contribution is -2.07. The second-order valence-electron chi connectivity index (χ2n) is 5.26. The van der Waals surface area contributed by atoms with E-state index in [-0.39, 0.29) is 0 Å². The molecule has 1 N–H and O–H groups in total. The summed E-state index contributed by atoms with van der Waals surface area (Å²) in [7, 11) is 0. The lowest BCUT2D eigenvalue weighted by molar-refractivity contribution is -0.132. The maximum absolute atomic E-state index is 11.1. The van der Waals surface area contributed by atoms with Crippen molar-refractivity contribution in [1.82, 2.24) is 0 Å². The van der Waals surface area contributed by atoms with Crippen molar-refractivity contribution >= 4 is 5.97 Å². The van der Waals surface area contributed by atoms with Gasteiger partial charge in [-0.1, -0.05) is 58.4 Å². The van der Waals surface area contributed by atoms with Gasteiger partial charge in [0.25, 0.3) is 0 Å². The van der Waals surface area contributed by atoms with Crippen LogP contribution in [0.2, 0.25) is 0 Å². The molecule has 0 heterocycles. The smallest absolute Gasteiger partial charge is 0.331 e. The average molecular weight is 254 g/mol. The van der Waals surface area contributed by atoms with Crippen molar-refractivity contribution in [3.8, 4) is 0 Å². The minimum Gasteiger partial charge on any atom is -0.478 e. The SMILES string of the molecule is CCCCC(CC(CC)CCCC)=C(C)C(=O)O. The Balaban J connectivity index is 4.65. The van der Waals surface area contributed by atoms with Gasteiger partial charge in [-0.25, -0.2) is 4.79 Å². The standard InChI is InChI=1S/C16H30O2/c1-5-8-10-14(7-3)12-15(11-9-6-2)13(4)16(17)18/h14H,5-12H2,1-4H3,(H,17,18). The third kappa shape index (κ3) is 6.83. The molecule has 0 aromatic rings. The molecule has 106 valence electrons.